The highest BCUT2D eigenvalue weighted by molar-refractivity contribution is 6.34. The molecule has 0 unspecified atom stereocenters. The van der Waals surface area contributed by atoms with Gasteiger partial charge < -0.3 is 0 Å². The first-order valence-electron chi connectivity index (χ1n) is 4.28. The van der Waals surface area contributed by atoms with E-state index in [2.05, 4.69) is 0 Å². The van der Waals surface area contributed by atoms with E-state index in [0.717, 1.165) is 11.8 Å². The maximum atomic E-state index is 10.6. The summed E-state index contributed by atoms with van der Waals surface area (Å²) >= 11 is 11.7. The predicted octanol–water partition coefficient (Wildman–Crippen LogP) is 3.99. The molecule has 0 atom stereocenters. The molecule has 0 saturated carbocycles. The molecular formula is C11H10Cl2O. The molecule has 1 nitrogen and oxygen atoms in total. The van der Waals surface area contributed by atoms with Crippen molar-refractivity contribution in [2.75, 3.05) is 0 Å². The van der Waals surface area contributed by atoms with Gasteiger partial charge in [-0.05, 0) is 41.8 Å². The van der Waals surface area contributed by atoms with Crippen LogP contribution in [0.25, 0.3) is 6.08 Å². The van der Waals surface area contributed by atoms with Gasteiger partial charge in [-0.3, -0.25) is 4.79 Å². The van der Waals surface area contributed by atoms with Gasteiger partial charge in [0.15, 0.2) is 0 Å². The van der Waals surface area contributed by atoms with Crippen LogP contribution in [0.15, 0.2) is 23.8 Å². The van der Waals surface area contributed by atoms with Crippen molar-refractivity contribution < 1.29 is 4.79 Å². The van der Waals surface area contributed by atoms with Gasteiger partial charge in [0.05, 0.1) is 0 Å². The molecule has 0 spiro atoms. The van der Waals surface area contributed by atoms with Crippen LogP contribution in [-0.2, 0) is 4.79 Å². The van der Waals surface area contributed by atoms with Gasteiger partial charge in [0.2, 0.25) is 0 Å². The van der Waals surface area contributed by atoms with Gasteiger partial charge >= 0.3 is 0 Å². The van der Waals surface area contributed by atoms with Crippen molar-refractivity contribution in [1.82, 2.24) is 0 Å². The second-order valence-corrected chi connectivity index (χ2v) is 3.70. The molecule has 0 saturated heterocycles. The van der Waals surface area contributed by atoms with E-state index in [4.69, 9.17) is 23.2 Å². The molecule has 0 N–H and O–H groups in total. The number of aldehydes is 1. The van der Waals surface area contributed by atoms with E-state index < -0.39 is 0 Å². The molecule has 1 aromatic rings. The van der Waals surface area contributed by atoms with E-state index in [9.17, 15) is 4.79 Å². The van der Waals surface area contributed by atoms with Gasteiger partial charge in [-0.15, -0.1) is 0 Å². The van der Waals surface area contributed by atoms with Crippen molar-refractivity contribution in [2.45, 2.75) is 13.3 Å². The third kappa shape index (κ3) is 2.86. The number of halogens is 2. The summed E-state index contributed by atoms with van der Waals surface area (Å²) < 4.78 is 0. The van der Waals surface area contributed by atoms with E-state index >= 15 is 0 Å². The molecule has 74 valence electrons. The van der Waals surface area contributed by atoms with Crippen molar-refractivity contribution in [3.8, 4) is 0 Å². The van der Waals surface area contributed by atoms with E-state index in [1.165, 1.54) is 0 Å². The van der Waals surface area contributed by atoms with Crippen molar-refractivity contribution in [3.63, 3.8) is 0 Å². The fraction of sp³-hybridized carbons (Fsp3) is 0.182. The third-order valence-corrected chi connectivity index (χ3v) is 2.44. The topological polar surface area (TPSA) is 17.1 Å². The zero-order valence-corrected chi connectivity index (χ0v) is 9.27. The molecule has 0 radical (unpaired) electrons. The van der Waals surface area contributed by atoms with Crippen molar-refractivity contribution in [2.24, 2.45) is 0 Å². The summed E-state index contributed by atoms with van der Waals surface area (Å²) in [4.78, 5) is 10.6. The lowest BCUT2D eigenvalue weighted by atomic mass is 10.1. The predicted molar refractivity (Wildman–Crippen MR) is 60.8 cm³/mol. The lowest BCUT2D eigenvalue weighted by molar-refractivity contribution is -0.104. The average molecular weight is 229 g/mol. The zero-order chi connectivity index (χ0) is 10.6. The minimum absolute atomic E-state index is 0.599. The quantitative estimate of drug-likeness (QED) is 0.565. The summed E-state index contributed by atoms with van der Waals surface area (Å²) in [7, 11) is 0. The molecular weight excluding hydrogens is 219 g/mol. The molecule has 0 aliphatic rings. The first-order valence-corrected chi connectivity index (χ1v) is 5.03. The molecule has 0 amide bonds. The Balaban J connectivity index is 3.12. The summed E-state index contributed by atoms with van der Waals surface area (Å²) in [5.41, 5.74) is 1.48. The third-order valence-electron chi connectivity index (χ3n) is 1.86. The fourth-order valence-corrected chi connectivity index (χ4v) is 1.40. The smallest absolute Gasteiger partial charge is 0.146 e. The van der Waals surface area contributed by atoms with Crippen LogP contribution in [0.1, 0.15) is 18.9 Å². The van der Waals surface area contributed by atoms with Gasteiger partial charge in [0.1, 0.15) is 6.29 Å². The summed E-state index contributed by atoms with van der Waals surface area (Å²) in [5.74, 6) is 0. The second-order valence-electron chi connectivity index (χ2n) is 2.86. The van der Waals surface area contributed by atoms with E-state index in [0.29, 0.717) is 22.0 Å². The Labute approximate surface area is 93.3 Å². The van der Waals surface area contributed by atoms with Crippen LogP contribution in [0.5, 0.6) is 0 Å². The minimum atomic E-state index is 0.599. The summed E-state index contributed by atoms with van der Waals surface area (Å²) in [6.07, 6.45) is 3.27. The van der Waals surface area contributed by atoms with E-state index in [-0.39, 0.29) is 0 Å². The van der Waals surface area contributed by atoms with Crippen molar-refractivity contribution in [1.29, 1.82) is 0 Å². The van der Waals surface area contributed by atoms with Gasteiger partial charge in [-0.2, -0.15) is 0 Å². The van der Waals surface area contributed by atoms with Crippen LogP contribution in [0.3, 0.4) is 0 Å². The number of allylic oxidation sites excluding steroid dienone is 1. The van der Waals surface area contributed by atoms with Crippen LogP contribution in [-0.4, -0.2) is 6.29 Å². The molecule has 3 heteroatoms. The molecule has 0 heterocycles. The number of carbonyl (C=O) groups is 1. The number of rotatable bonds is 3. The first-order chi connectivity index (χ1) is 6.67. The Bertz CT molecular complexity index is 370. The summed E-state index contributed by atoms with van der Waals surface area (Å²) in [6.45, 7) is 1.92. The zero-order valence-electron chi connectivity index (χ0n) is 7.76. The van der Waals surface area contributed by atoms with Gasteiger partial charge in [-0.25, -0.2) is 0 Å². The standard InChI is InChI=1S/C11H10Cl2O/c1-2-8(7-14)5-9-6-10(12)3-4-11(9)13/h3-7H,2H2,1H3/b8-5-. The molecule has 0 aromatic heterocycles. The van der Waals surface area contributed by atoms with Crippen molar-refractivity contribution in [3.05, 3.63) is 39.4 Å². The number of benzene rings is 1. The summed E-state index contributed by atoms with van der Waals surface area (Å²) in [6, 6.07) is 5.17. The molecule has 0 aliphatic carbocycles. The fourth-order valence-electron chi connectivity index (χ4n) is 1.04. The Morgan fingerprint density at radius 2 is 2.14 bits per heavy atom. The maximum Gasteiger partial charge on any atom is 0.146 e. The number of carbonyl (C=O) groups excluding carboxylic acids is 1. The van der Waals surface area contributed by atoms with Gasteiger partial charge in [-0.1, -0.05) is 30.1 Å². The van der Waals surface area contributed by atoms with E-state index in [1.807, 2.05) is 6.92 Å². The Morgan fingerprint density at radius 3 is 2.71 bits per heavy atom. The molecule has 0 aliphatic heterocycles. The highest BCUT2D eigenvalue weighted by Gasteiger charge is 1.99. The Hall–Kier alpha value is -0.790. The largest absolute Gasteiger partial charge is 0.298 e. The lowest BCUT2D eigenvalue weighted by Gasteiger charge is -2.00. The van der Waals surface area contributed by atoms with Crippen LogP contribution >= 0.6 is 23.2 Å². The number of hydrogen-bond donors (Lipinski definition) is 0. The Morgan fingerprint density at radius 1 is 1.43 bits per heavy atom. The molecule has 1 aromatic carbocycles. The Kier molecular flexibility index (Phi) is 4.18. The molecule has 0 bridgehead atoms. The SMILES string of the molecule is CC/C(C=O)=C/c1cc(Cl)ccc1Cl. The van der Waals surface area contributed by atoms with E-state index in [1.54, 1.807) is 24.3 Å². The van der Waals surface area contributed by atoms with Crippen LogP contribution in [0, 0.1) is 0 Å². The van der Waals surface area contributed by atoms with Gasteiger partial charge in [0.25, 0.3) is 0 Å². The summed E-state index contributed by atoms with van der Waals surface area (Å²) in [5, 5.41) is 1.21. The molecule has 1 rings (SSSR count). The lowest BCUT2D eigenvalue weighted by Crippen LogP contribution is -1.83. The second kappa shape index (κ2) is 5.18. The maximum absolute atomic E-state index is 10.6. The van der Waals surface area contributed by atoms with Crippen molar-refractivity contribution >= 4 is 35.6 Å². The van der Waals surface area contributed by atoms with Crippen LogP contribution < -0.4 is 0 Å². The minimum Gasteiger partial charge on any atom is -0.298 e. The number of hydrogen-bond acceptors (Lipinski definition) is 1. The molecule has 0 fully saturated rings. The molecule has 14 heavy (non-hydrogen) atoms. The normalized spacial score (nSPS) is 11.5. The van der Waals surface area contributed by atoms with Crippen LogP contribution in [0.4, 0.5) is 0 Å². The highest BCUT2D eigenvalue weighted by atomic mass is 35.5. The highest BCUT2D eigenvalue weighted by Crippen LogP contribution is 2.23. The van der Waals surface area contributed by atoms with Crippen LogP contribution in [0.2, 0.25) is 10.0 Å². The first kappa shape index (κ1) is 11.3. The van der Waals surface area contributed by atoms with Gasteiger partial charge in [0, 0.05) is 10.0 Å². The average Bonchev–Trinajstić information content (AvgIpc) is 2.19. The monoisotopic (exact) mass is 228 g/mol.